The molecule has 1 aliphatic heterocycles. The van der Waals surface area contributed by atoms with Crippen LogP contribution < -0.4 is 10.5 Å². The Hall–Kier alpha value is -2.40. The van der Waals surface area contributed by atoms with Crippen LogP contribution >= 0.6 is 11.6 Å². The zero-order valence-corrected chi connectivity index (χ0v) is 13.2. The maximum atomic E-state index is 12.7. The van der Waals surface area contributed by atoms with Crippen LogP contribution in [0.15, 0.2) is 47.5 Å². The molecule has 6 heteroatoms. The largest absolute Gasteiger partial charge is 0.341 e. The van der Waals surface area contributed by atoms with Gasteiger partial charge in [-0.2, -0.15) is 0 Å². The molecule has 2 aromatic heterocycles. The Labute approximate surface area is 138 Å². The number of aromatic nitrogens is 3. The van der Waals surface area contributed by atoms with Crippen molar-refractivity contribution < 1.29 is 0 Å². The van der Waals surface area contributed by atoms with Gasteiger partial charge in [0, 0.05) is 30.5 Å². The first kappa shape index (κ1) is 14.2. The minimum Gasteiger partial charge on any atom is -0.341 e. The van der Waals surface area contributed by atoms with Crippen LogP contribution in [0, 0.1) is 0 Å². The molecule has 0 saturated carbocycles. The van der Waals surface area contributed by atoms with Gasteiger partial charge < -0.3 is 4.90 Å². The van der Waals surface area contributed by atoms with Crippen LogP contribution in [0.5, 0.6) is 0 Å². The van der Waals surface area contributed by atoms with Crippen LogP contribution in [0.3, 0.4) is 0 Å². The van der Waals surface area contributed by atoms with E-state index < -0.39 is 0 Å². The molecule has 23 heavy (non-hydrogen) atoms. The molecule has 1 fully saturated rings. The van der Waals surface area contributed by atoms with Gasteiger partial charge in [0.15, 0.2) is 0 Å². The average Bonchev–Trinajstić information content (AvgIpc) is 3.09. The standard InChI is InChI=1S/C17H15ClN4O/c18-12-4-3-5-13(10-12)22-9-6-15-14(16(22)23)11-19-17(20-15)21-7-1-2-8-21/h3-6,9-11H,1-2,7-8H2. The SMILES string of the molecule is O=c1c2cnc(N3CCCC3)nc2ccn1-c1cccc(Cl)c1. The molecule has 116 valence electrons. The summed E-state index contributed by atoms with van der Waals surface area (Å²) in [5.41, 5.74) is 1.26. The first-order valence-electron chi connectivity index (χ1n) is 7.62. The summed E-state index contributed by atoms with van der Waals surface area (Å²) in [6, 6.07) is 9.05. The Kier molecular flexibility index (Phi) is 3.50. The van der Waals surface area contributed by atoms with E-state index in [-0.39, 0.29) is 5.56 Å². The summed E-state index contributed by atoms with van der Waals surface area (Å²) in [5.74, 6) is 0.704. The highest BCUT2D eigenvalue weighted by atomic mass is 35.5. The normalized spacial score (nSPS) is 14.6. The van der Waals surface area contributed by atoms with Gasteiger partial charge in [-0.15, -0.1) is 0 Å². The average molecular weight is 327 g/mol. The van der Waals surface area contributed by atoms with E-state index in [4.69, 9.17) is 11.6 Å². The van der Waals surface area contributed by atoms with E-state index in [0.717, 1.165) is 31.6 Å². The van der Waals surface area contributed by atoms with Crippen molar-refractivity contribution in [2.75, 3.05) is 18.0 Å². The molecule has 0 radical (unpaired) electrons. The quantitative estimate of drug-likeness (QED) is 0.726. The zero-order chi connectivity index (χ0) is 15.8. The Morgan fingerprint density at radius 3 is 2.74 bits per heavy atom. The number of rotatable bonds is 2. The second-order valence-electron chi connectivity index (χ2n) is 5.63. The minimum absolute atomic E-state index is 0.141. The van der Waals surface area contributed by atoms with Crippen molar-refractivity contribution in [2.45, 2.75) is 12.8 Å². The third-order valence-corrected chi connectivity index (χ3v) is 4.35. The molecule has 0 bridgehead atoms. The summed E-state index contributed by atoms with van der Waals surface area (Å²) in [6.07, 6.45) is 5.69. The van der Waals surface area contributed by atoms with Crippen molar-refractivity contribution in [3.8, 4) is 5.69 Å². The summed E-state index contributed by atoms with van der Waals surface area (Å²) in [5, 5.41) is 1.10. The number of benzene rings is 1. The van der Waals surface area contributed by atoms with Crippen LogP contribution in [-0.2, 0) is 0 Å². The number of anilines is 1. The lowest BCUT2D eigenvalue weighted by molar-refractivity contribution is 0.904. The van der Waals surface area contributed by atoms with Crippen molar-refractivity contribution in [1.29, 1.82) is 0 Å². The lowest BCUT2D eigenvalue weighted by Gasteiger charge is -2.15. The number of hydrogen-bond donors (Lipinski definition) is 0. The molecule has 4 rings (SSSR count). The van der Waals surface area contributed by atoms with Gasteiger partial charge in [-0.1, -0.05) is 17.7 Å². The minimum atomic E-state index is -0.141. The van der Waals surface area contributed by atoms with Crippen LogP contribution in [0.4, 0.5) is 5.95 Å². The molecular formula is C17H15ClN4O. The van der Waals surface area contributed by atoms with Gasteiger partial charge in [0.25, 0.3) is 5.56 Å². The van der Waals surface area contributed by atoms with Crippen molar-refractivity contribution in [3.05, 3.63) is 58.1 Å². The lowest BCUT2D eigenvalue weighted by Crippen LogP contribution is -2.22. The fourth-order valence-electron chi connectivity index (χ4n) is 2.92. The summed E-state index contributed by atoms with van der Waals surface area (Å²) in [4.78, 5) is 23.8. The maximum absolute atomic E-state index is 12.7. The third kappa shape index (κ3) is 2.57. The molecule has 0 amide bonds. The molecule has 0 unspecified atom stereocenters. The van der Waals surface area contributed by atoms with Crippen LogP contribution in [0.2, 0.25) is 5.02 Å². The van der Waals surface area contributed by atoms with Gasteiger partial charge in [0.05, 0.1) is 16.6 Å². The number of hydrogen-bond acceptors (Lipinski definition) is 4. The Morgan fingerprint density at radius 2 is 1.96 bits per heavy atom. The predicted molar refractivity (Wildman–Crippen MR) is 91.6 cm³/mol. The van der Waals surface area contributed by atoms with E-state index in [1.54, 1.807) is 29.1 Å². The van der Waals surface area contributed by atoms with E-state index >= 15 is 0 Å². The Balaban J connectivity index is 1.82. The van der Waals surface area contributed by atoms with E-state index in [1.807, 2.05) is 18.2 Å². The number of halogens is 1. The summed E-state index contributed by atoms with van der Waals surface area (Å²) < 4.78 is 1.56. The second kappa shape index (κ2) is 5.66. The lowest BCUT2D eigenvalue weighted by atomic mass is 10.2. The molecular weight excluding hydrogens is 312 g/mol. The third-order valence-electron chi connectivity index (χ3n) is 4.11. The maximum Gasteiger partial charge on any atom is 0.266 e. The number of nitrogens with zero attached hydrogens (tertiary/aromatic N) is 4. The number of pyridine rings is 1. The van der Waals surface area contributed by atoms with Gasteiger partial charge in [-0.05, 0) is 37.1 Å². The Bertz CT molecular complexity index is 931. The highest BCUT2D eigenvalue weighted by Crippen LogP contribution is 2.18. The topological polar surface area (TPSA) is 51.0 Å². The highest BCUT2D eigenvalue weighted by molar-refractivity contribution is 6.30. The van der Waals surface area contributed by atoms with Gasteiger partial charge in [0.2, 0.25) is 5.95 Å². The molecule has 0 aliphatic carbocycles. The van der Waals surface area contributed by atoms with Gasteiger partial charge in [0.1, 0.15) is 0 Å². The molecule has 1 aromatic carbocycles. The summed E-state index contributed by atoms with van der Waals surface area (Å²) >= 11 is 6.01. The van der Waals surface area contributed by atoms with E-state index in [9.17, 15) is 4.79 Å². The van der Waals surface area contributed by atoms with Crippen LogP contribution in [0.1, 0.15) is 12.8 Å². The second-order valence-corrected chi connectivity index (χ2v) is 6.07. The molecule has 0 atom stereocenters. The highest BCUT2D eigenvalue weighted by Gasteiger charge is 2.16. The molecule has 1 saturated heterocycles. The van der Waals surface area contributed by atoms with Crippen molar-refractivity contribution in [3.63, 3.8) is 0 Å². The van der Waals surface area contributed by atoms with Gasteiger partial charge >= 0.3 is 0 Å². The molecule has 0 N–H and O–H groups in total. The monoisotopic (exact) mass is 326 g/mol. The van der Waals surface area contributed by atoms with Crippen molar-refractivity contribution in [2.24, 2.45) is 0 Å². The van der Waals surface area contributed by atoms with Crippen LogP contribution in [0.25, 0.3) is 16.6 Å². The zero-order valence-electron chi connectivity index (χ0n) is 12.4. The molecule has 3 aromatic rings. The fourth-order valence-corrected chi connectivity index (χ4v) is 3.10. The fraction of sp³-hybridized carbons (Fsp3) is 0.235. The van der Waals surface area contributed by atoms with Crippen molar-refractivity contribution >= 4 is 28.5 Å². The van der Waals surface area contributed by atoms with E-state index in [0.29, 0.717) is 21.9 Å². The molecule has 5 nitrogen and oxygen atoms in total. The molecule has 1 aliphatic rings. The summed E-state index contributed by atoms with van der Waals surface area (Å²) in [7, 11) is 0. The smallest absolute Gasteiger partial charge is 0.266 e. The van der Waals surface area contributed by atoms with Gasteiger partial charge in [-0.25, -0.2) is 9.97 Å². The van der Waals surface area contributed by atoms with Crippen molar-refractivity contribution in [1.82, 2.24) is 14.5 Å². The molecule has 0 spiro atoms. The first-order chi connectivity index (χ1) is 11.2. The van der Waals surface area contributed by atoms with Crippen LogP contribution in [-0.4, -0.2) is 27.6 Å². The predicted octanol–water partition coefficient (Wildman–Crippen LogP) is 3.03. The van der Waals surface area contributed by atoms with Gasteiger partial charge in [-0.3, -0.25) is 9.36 Å². The molecule has 3 heterocycles. The van der Waals surface area contributed by atoms with E-state index in [2.05, 4.69) is 14.9 Å². The van der Waals surface area contributed by atoms with E-state index in [1.165, 1.54) is 0 Å². The summed E-state index contributed by atoms with van der Waals surface area (Å²) in [6.45, 7) is 1.95. The first-order valence-corrected chi connectivity index (χ1v) is 7.99. The Morgan fingerprint density at radius 1 is 1.13 bits per heavy atom. The number of fused-ring (bicyclic) bond motifs is 1.